The minimum absolute atomic E-state index is 0. The van der Waals surface area contributed by atoms with Gasteiger partial charge in [0.2, 0.25) is 5.91 Å². The molecule has 2 heterocycles. The minimum Gasteiger partial charge on any atom is -0.370 e. The molecule has 0 spiro atoms. The average molecular weight is 387 g/mol. The molecular weight excluding hydrogens is 359 g/mol. The number of carbonyl (C=O) groups excluding carboxylic acids is 1. The van der Waals surface area contributed by atoms with E-state index in [4.69, 9.17) is 16.3 Å². The lowest BCUT2D eigenvalue weighted by atomic mass is 9.85. The van der Waals surface area contributed by atoms with Gasteiger partial charge in [-0.25, -0.2) is 0 Å². The molecule has 3 rings (SSSR count). The fourth-order valence-electron chi connectivity index (χ4n) is 3.74. The monoisotopic (exact) mass is 386 g/mol. The third kappa shape index (κ3) is 5.33. The number of piperidine rings is 1. The Kier molecular flexibility index (Phi) is 8.01. The van der Waals surface area contributed by atoms with E-state index < -0.39 is 0 Å². The first kappa shape index (κ1) is 20.5. The fourth-order valence-corrected chi connectivity index (χ4v) is 3.99. The van der Waals surface area contributed by atoms with Crippen LogP contribution in [0, 0.1) is 11.8 Å². The van der Waals surface area contributed by atoms with Crippen LogP contribution in [0.3, 0.4) is 0 Å². The highest BCUT2D eigenvalue weighted by Crippen LogP contribution is 2.29. The summed E-state index contributed by atoms with van der Waals surface area (Å²) < 4.78 is 5.86. The number of morpholine rings is 1. The van der Waals surface area contributed by atoms with Gasteiger partial charge in [0.15, 0.2) is 0 Å². The standard InChI is InChI=1S/C19H27ClN2O2.ClH/c1-14(15-5-4-8-21-12-15)11-19(23)22-9-10-24-18(13-22)16-6-2-3-7-17(16)20;/h2-3,6-7,14-15,18,21H,4-5,8-13H2,1H3;1H. The van der Waals surface area contributed by atoms with Crippen molar-refractivity contribution in [3.05, 3.63) is 34.9 Å². The number of nitrogens with zero attached hydrogens (tertiary/aromatic N) is 1. The van der Waals surface area contributed by atoms with Gasteiger partial charge in [0.05, 0.1) is 13.2 Å². The maximum Gasteiger partial charge on any atom is 0.223 e. The van der Waals surface area contributed by atoms with Gasteiger partial charge < -0.3 is 15.0 Å². The molecule has 0 aliphatic carbocycles. The first-order chi connectivity index (χ1) is 11.6. The molecule has 1 aromatic carbocycles. The van der Waals surface area contributed by atoms with Gasteiger partial charge in [-0.2, -0.15) is 0 Å². The van der Waals surface area contributed by atoms with E-state index in [1.165, 1.54) is 12.8 Å². The summed E-state index contributed by atoms with van der Waals surface area (Å²) >= 11 is 6.28. The van der Waals surface area contributed by atoms with Gasteiger partial charge in [-0.3, -0.25) is 4.79 Å². The number of hydrogen-bond acceptors (Lipinski definition) is 3. The molecule has 0 aromatic heterocycles. The van der Waals surface area contributed by atoms with Crippen molar-refractivity contribution in [3.8, 4) is 0 Å². The molecule has 2 aliphatic rings. The van der Waals surface area contributed by atoms with Crippen LogP contribution in [0.1, 0.15) is 37.9 Å². The van der Waals surface area contributed by atoms with E-state index in [-0.39, 0.29) is 24.4 Å². The summed E-state index contributed by atoms with van der Waals surface area (Å²) in [7, 11) is 0. The zero-order chi connectivity index (χ0) is 16.9. The Morgan fingerprint density at radius 2 is 2.24 bits per heavy atom. The molecule has 6 heteroatoms. The number of carbonyl (C=O) groups is 1. The highest BCUT2D eigenvalue weighted by atomic mass is 35.5. The van der Waals surface area contributed by atoms with Crippen LogP contribution in [-0.2, 0) is 9.53 Å². The summed E-state index contributed by atoms with van der Waals surface area (Å²) in [5, 5.41) is 4.15. The van der Waals surface area contributed by atoms with Gasteiger partial charge in [0.1, 0.15) is 6.10 Å². The smallest absolute Gasteiger partial charge is 0.223 e. The van der Waals surface area contributed by atoms with Crippen LogP contribution in [-0.4, -0.2) is 43.6 Å². The van der Waals surface area contributed by atoms with E-state index in [9.17, 15) is 4.79 Å². The number of halogens is 2. The molecule has 1 aromatic rings. The molecular formula is C19H28Cl2N2O2. The zero-order valence-corrected chi connectivity index (χ0v) is 16.3. The first-order valence-corrected chi connectivity index (χ1v) is 9.37. The van der Waals surface area contributed by atoms with Crippen LogP contribution < -0.4 is 5.32 Å². The van der Waals surface area contributed by atoms with Crippen molar-refractivity contribution >= 4 is 29.9 Å². The second-order valence-corrected chi connectivity index (χ2v) is 7.42. The summed E-state index contributed by atoms with van der Waals surface area (Å²) in [6.07, 6.45) is 2.95. The van der Waals surface area contributed by atoms with Crippen molar-refractivity contribution in [3.63, 3.8) is 0 Å². The van der Waals surface area contributed by atoms with E-state index in [0.29, 0.717) is 43.0 Å². The maximum absolute atomic E-state index is 12.7. The second-order valence-electron chi connectivity index (χ2n) is 7.01. The molecule has 3 unspecified atom stereocenters. The van der Waals surface area contributed by atoms with Crippen LogP contribution in [0.4, 0.5) is 0 Å². The Morgan fingerprint density at radius 1 is 1.44 bits per heavy atom. The Balaban J connectivity index is 0.00000225. The molecule has 2 saturated heterocycles. The van der Waals surface area contributed by atoms with Gasteiger partial charge >= 0.3 is 0 Å². The van der Waals surface area contributed by atoms with E-state index in [0.717, 1.165) is 18.7 Å². The molecule has 1 N–H and O–H groups in total. The third-order valence-corrected chi connectivity index (χ3v) is 5.65. The lowest BCUT2D eigenvalue weighted by Gasteiger charge is -2.35. The average Bonchev–Trinajstić information content (AvgIpc) is 2.63. The molecule has 140 valence electrons. The van der Waals surface area contributed by atoms with Gasteiger partial charge in [-0.05, 0) is 43.8 Å². The molecule has 2 fully saturated rings. The molecule has 25 heavy (non-hydrogen) atoms. The molecule has 3 atom stereocenters. The van der Waals surface area contributed by atoms with Crippen molar-refractivity contribution in [1.82, 2.24) is 10.2 Å². The fraction of sp³-hybridized carbons (Fsp3) is 0.632. The van der Waals surface area contributed by atoms with Crippen molar-refractivity contribution in [2.24, 2.45) is 11.8 Å². The first-order valence-electron chi connectivity index (χ1n) is 8.99. The second kappa shape index (κ2) is 9.77. The highest BCUT2D eigenvalue weighted by Gasteiger charge is 2.29. The van der Waals surface area contributed by atoms with Crippen LogP contribution in [0.5, 0.6) is 0 Å². The molecule has 0 radical (unpaired) electrons. The predicted molar refractivity (Wildman–Crippen MR) is 103 cm³/mol. The minimum atomic E-state index is -0.122. The van der Waals surface area contributed by atoms with Crippen LogP contribution >= 0.6 is 24.0 Å². The molecule has 0 saturated carbocycles. The summed E-state index contributed by atoms with van der Waals surface area (Å²) in [6, 6.07) is 7.73. The summed E-state index contributed by atoms with van der Waals surface area (Å²) in [4.78, 5) is 14.7. The van der Waals surface area contributed by atoms with Crippen molar-refractivity contribution in [2.45, 2.75) is 32.3 Å². The predicted octanol–water partition coefficient (Wildman–Crippen LogP) is 3.69. The van der Waals surface area contributed by atoms with Crippen molar-refractivity contribution < 1.29 is 9.53 Å². The third-order valence-electron chi connectivity index (χ3n) is 5.31. The molecule has 1 amide bonds. The van der Waals surface area contributed by atoms with E-state index in [2.05, 4.69) is 12.2 Å². The number of nitrogens with one attached hydrogen (secondary N) is 1. The van der Waals surface area contributed by atoms with Crippen LogP contribution in [0.25, 0.3) is 0 Å². The number of benzene rings is 1. The molecule has 2 aliphatic heterocycles. The number of ether oxygens (including phenoxy) is 1. The molecule has 0 bridgehead atoms. The molecule has 4 nitrogen and oxygen atoms in total. The lowest BCUT2D eigenvalue weighted by Crippen LogP contribution is -2.43. The largest absolute Gasteiger partial charge is 0.370 e. The van der Waals surface area contributed by atoms with Gasteiger partial charge in [-0.15, -0.1) is 12.4 Å². The Labute approximate surface area is 161 Å². The topological polar surface area (TPSA) is 41.6 Å². The maximum atomic E-state index is 12.7. The lowest BCUT2D eigenvalue weighted by molar-refractivity contribution is -0.140. The summed E-state index contributed by atoms with van der Waals surface area (Å²) in [6.45, 7) is 6.20. The van der Waals surface area contributed by atoms with Crippen molar-refractivity contribution in [1.29, 1.82) is 0 Å². The van der Waals surface area contributed by atoms with Gasteiger partial charge in [0.25, 0.3) is 0 Å². The Hall–Kier alpha value is -0.810. The van der Waals surface area contributed by atoms with E-state index in [1.54, 1.807) is 0 Å². The Morgan fingerprint density at radius 3 is 2.96 bits per heavy atom. The van der Waals surface area contributed by atoms with Crippen LogP contribution in [0.2, 0.25) is 5.02 Å². The van der Waals surface area contributed by atoms with Gasteiger partial charge in [0, 0.05) is 23.6 Å². The SMILES string of the molecule is CC(CC(=O)N1CCOC(c2ccccc2Cl)C1)C1CCCNC1.Cl. The quantitative estimate of drug-likeness (QED) is 0.857. The normalized spacial score (nSPS) is 25.1. The summed E-state index contributed by atoms with van der Waals surface area (Å²) in [5.74, 6) is 1.28. The highest BCUT2D eigenvalue weighted by molar-refractivity contribution is 6.31. The van der Waals surface area contributed by atoms with Crippen molar-refractivity contribution in [2.75, 3.05) is 32.8 Å². The Bertz CT molecular complexity index is 564. The van der Waals surface area contributed by atoms with Gasteiger partial charge in [-0.1, -0.05) is 36.7 Å². The zero-order valence-electron chi connectivity index (χ0n) is 14.7. The number of amides is 1. The number of rotatable bonds is 4. The van der Waals surface area contributed by atoms with E-state index >= 15 is 0 Å². The number of hydrogen-bond donors (Lipinski definition) is 1. The van der Waals surface area contributed by atoms with Crippen LogP contribution in [0.15, 0.2) is 24.3 Å². The summed E-state index contributed by atoms with van der Waals surface area (Å²) in [5.41, 5.74) is 0.973. The van der Waals surface area contributed by atoms with E-state index in [1.807, 2.05) is 29.2 Å².